The van der Waals surface area contributed by atoms with E-state index >= 15 is 0 Å². The zero-order valence-electron chi connectivity index (χ0n) is 10.6. The molecule has 16 heavy (non-hydrogen) atoms. The Labute approximate surface area is 97.9 Å². The van der Waals surface area contributed by atoms with Crippen LogP contribution < -0.4 is 5.73 Å². The lowest BCUT2D eigenvalue weighted by atomic mass is 9.94. The van der Waals surface area contributed by atoms with Crippen LogP contribution in [0.2, 0.25) is 0 Å². The minimum absolute atomic E-state index is 0.0926. The molecule has 0 aliphatic heterocycles. The molecular formula is C14H21NO. The van der Waals surface area contributed by atoms with Crippen LogP contribution in [0.5, 0.6) is 0 Å². The summed E-state index contributed by atoms with van der Waals surface area (Å²) in [5, 5.41) is 0. The minimum atomic E-state index is 0.0926. The van der Waals surface area contributed by atoms with Gasteiger partial charge in [0.1, 0.15) is 0 Å². The summed E-state index contributed by atoms with van der Waals surface area (Å²) in [6, 6.07) is 4.22. The Kier molecular flexibility index (Phi) is 4.25. The van der Waals surface area contributed by atoms with Gasteiger partial charge in [0.2, 0.25) is 0 Å². The van der Waals surface area contributed by atoms with Crippen molar-refractivity contribution < 1.29 is 4.79 Å². The number of carbonyl (C=O) groups is 1. The monoisotopic (exact) mass is 219 g/mol. The molecule has 2 N–H and O–H groups in total. The predicted molar refractivity (Wildman–Crippen MR) is 67.9 cm³/mol. The summed E-state index contributed by atoms with van der Waals surface area (Å²) in [4.78, 5) is 12.0. The highest BCUT2D eigenvalue weighted by Crippen LogP contribution is 2.18. The average Bonchev–Trinajstić information content (AvgIpc) is 2.12. The summed E-state index contributed by atoms with van der Waals surface area (Å²) in [7, 11) is 0. The fraction of sp³-hybridized carbons (Fsp3) is 0.500. The maximum atomic E-state index is 12.0. The average molecular weight is 219 g/mol. The van der Waals surface area contributed by atoms with Crippen LogP contribution in [0.3, 0.4) is 0 Å². The van der Waals surface area contributed by atoms with Crippen LogP contribution in [-0.2, 0) is 0 Å². The van der Waals surface area contributed by atoms with Crippen molar-refractivity contribution in [3.8, 4) is 0 Å². The highest BCUT2D eigenvalue weighted by Gasteiger charge is 2.12. The smallest absolute Gasteiger partial charge is 0.163 e. The van der Waals surface area contributed by atoms with Crippen molar-refractivity contribution in [1.82, 2.24) is 0 Å². The first kappa shape index (κ1) is 12.9. The topological polar surface area (TPSA) is 43.1 Å². The van der Waals surface area contributed by atoms with Crippen LogP contribution in [0.15, 0.2) is 12.1 Å². The lowest BCUT2D eigenvalue weighted by molar-refractivity contribution is 0.0977. The summed E-state index contributed by atoms with van der Waals surface area (Å²) in [6.45, 7) is 7.98. The second kappa shape index (κ2) is 5.26. The number of hydrogen-bond donors (Lipinski definition) is 1. The molecule has 0 spiro atoms. The van der Waals surface area contributed by atoms with E-state index in [9.17, 15) is 4.79 Å². The highest BCUT2D eigenvalue weighted by molar-refractivity contribution is 5.98. The van der Waals surface area contributed by atoms with Crippen LogP contribution in [0.25, 0.3) is 0 Å². The third kappa shape index (κ3) is 3.17. The van der Waals surface area contributed by atoms with E-state index in [1.165, 1.54) is 5.56 Å². The molecule has 0 aliphatic rings. The van der Waals surface area contributed by atoms with E-state index in [2.05, 4.69) is 19.1 Å². The Morgan fingerprint density at radius 3 is 2.19 bits per heavy atom. The molecule has 2 heteroatoms. The van der Waals surface area contributed by atoms with E-state index in [1.807, 2.05) is 20.8 Å². The summed E-state index contributed by atoms with van der Waals surface area (Å²) in [6.07, 6.45) is 1.30. The minimum Gasteiger partial charge on any atom is -0.328 e. The Hall–Kier alpha value is -1.15. The number of ketones is 1. The number of benzene rings is 1. The molecule has 2 nitrogen and oxygen atoms in total. The molecule has 0 fully saturated rings. The van der Waals surface area contributed by atoms with E-state index in [0.717, 1.165) is 23.1 Å². The maximum Gasteiger partial charge on any atom is 0.163 e. The molecule has 88 valence electrons. The second-order valence-corrected chi connectivity index (χ2v) is 4.71. The molecule has 1 aromatic carbocycles. The van der Waals surface area contributed by atoms with E-state index in [-0.39, 0.29) is 11.8 Å². The maximum absolute atomic E-state index is 12.0. The van der Waals surface area contributed by atoms with Gasteiger partial charge in [-0.15, -0.1) is 0 Å². The van der Waals surface area contributed by atoms with Gasteiger partial charge in [0, 0.05) is 18.0 Å². The first-order chi connectivity index (χ1) is 7.41. The summed E-state index contributed by atoms with van der Waals surface area (Å²) in [5.41, 5.74) is 9.91. The van der Waals surface area contributed by atoms with Crippen LogP contribution in [-0.4, -0.2) is 11.8 Å². The van der Waals surface area contributed by atoms with Gasteiger partial charge in [-0.1, -0.05) is 17.7 Å². The number of rotatable bonds is 4. The third-order valence-electron chi connectivity index (χ3n) is 2.78. The van der Waals surface area contributed by atoms with Gasteiger partial charge in [0.05, 0.1) is 0 Å². The summed E-state index contributed by atoms with van der Waals surface area (Å²) < 4.78 is 0. The Balaban J connectivity index is 2.91. The fourth-order valence-electron chi connectivity index (χ4n) is 2.10. The van der Waals surface area contributed by atoms with Gasteiger partial charge in [0.25, 0.3) is 0 Å². The van der Waals surface area contributed by atoms with Gasteiger partial charge >= 0.3 is 0 Å². The molecule has 0 bridgehead atoms. The van der Waals surface area contributed by atoms with Gasteiger partial charge in [-0.2, -0.15) is 0 Å². The van der Waals surface area contributed by atoms with Crippen LogP contribution >= 0.6 is 0 Å². The fourth-order valence-corrected chi connectivity index (χ4v) is 2.10. The zero-order valence-corrected chi connectivity index (χ0v) is 10.6. The quantitative estimate of drug-likeness (QED) is 0.791. The standard InChI is InChI=1S/C14H21NO/c1-9-7-10(2)14(11(3)8-9)13(16)6-5-12(4)15/h7-8,12H,5-6,15H2,1-4H3. The zero-order chi connectivity index (χ0) is 12.3. The number of nitrogens with two attached hydrogens (primary N) is 1. The molecule has 0 heterocycles. The third-order valence-corrected chi connectivity index (χ3v) is 2.78. The van der Waals surface area contributed by atoms with Crippen molar-refractivity contribution in [2.75, 3.05) is 0 Å². The summed E-state index contributed by atoms with van der Waals surface area (Å²) >= 11 is 0. The molecule has 1 atom stereocenters. The Morgan fingerprint density at radius 1 is 1.25 bits per heavy atom. The number of aryl methyl sites for hydroxylation is 3. The Bertz CT molecular complexity index is 371. The predicted octanol–water partition coefficient (Wildman–Crippen LogP) is 2.92. The van der Waals surface area contributed by atoms with Crippen molar-refractivity contribution >= 4 is 5.78 Å². The first-order valence-electron chi connectivity index (χ1n) is 5.78. The van der Waals surface area contributed by atoms with Gasteiger partial charge in [-0.3, -0.25) is 4.79 Å². The Morgan fingerprint density at radius 2 is 1.75 bits per heavy atom. The lowest BCUT2D eigenvalue weighted by Gasteiger charge is -2.11. The molecule has 1 rings (SSSR count). The van der Waals surface area contributed by atoms with E-state index in [0.29, 0.717) is 6.42 Å². The van der Waals surface area contributed by atoms with Gasteiger partial charge in [-0.05, 0) is 45.2 Å². The molecule has 1 unspecified atom stereocenters. The molecule has 1 aromatic rings. The van der Waals surface area contributed by atoms with Crippen molar-refractivity contribution in [2.45, 2.75) is 46.6 Å². The number of carbonyl (C=O) groups excluding carboxylic acids is 1. The molecule has 0 saturated heterocycles. The molecule has 0 amide bonds. The van der Waals surface area contributed by atoms with Crippen LogP contribution in [0, 0.1) is 20.8 Å². The van der Waals surface area contributed by atoms with Crippen LogP contribution in [0.1, 0.15) is 46.8 Å². The number of Topliss-reactive ketones (excluding diaryl/α,β-unsaturated/α-hetero) is 1. The SMILES string of the molecule is Cc1cc(C)c(C(=O)CCC(C)N)c(C)c1. The summed E-state index contributed by atoms with van der Waals surface area (Å²) in [5.74, 6) is 0.215. The van der Waals surface area contributed by atoms with Crippen LogP contribution in [0.4, 0.5) is 0 Å². The largest absolute Gasteiger partial charge is 0.328 e. The van der Waals surface area contributed by atoms with Gasteiger partial charge < -0.3 is 5.73 Å². The molecule has 0 aliphatic carbocycles. The normalized spacial score (nSPS) is 12.6. The molecule has 0 saturated carbocycles. The van der Waals surface area contributed by atoms with Crippen molar-refractivity contribution in [1.29, 1.82) is 0 Å². The van der Waals surface area contributed by atoms with Crippen molar-refractivity contribution in [3.05, 3.63) is 34.4 Å². The number of hydrogen-bond acceptors (Lipinski definition) is 2. The van der Waals surface area contributed by atoms with E-state index < -0.39 is 0 Å². The molecular weight excluding hydrogens is 198 g/mol. The molecule has 0 radical (unpaired) electrons. The van der Waals surface area contributed by atoms with Gasteiger partial charge in [0.15, 0.2) is 5.78 Å². The van der Waals surface area contributed by atoms with Gasteiger partial charge in [-0.25, -0.2) is 0 Å². The first-order valence-corrected chi connectivity index (χ1v) is 5.78. The van der Waals surface area contributed by atoms with E-state index in [4.69, 9.17) is 5.73 Å². The van der Waals surface area contributed by atoms with Crippen molar-refractivity contribution in [2.24, 2.45) is 5.73 Å². The second-order valence-electron chi connectivity index (χ2n) is 4.71. The molecule has 0 aromatic heterocycles. The lowest BCUT2D eigenvalue weighted by Crippen LogP contribution is -2.17. The van der Waals surface area contributed by atoms with E-state index in [1.54, 1.807) is 0 Å². The highest BCUT2D eigenvalue weighted by atomic mass is 16.1. The van der Waals surface area contributed by atoms with Crippen molar-refractivity contribution in [3.63, 3.8) is 0 Å².